The summed E-state index contributed by atoms with van der Waals surface area (Å²) in [4.78, 5) is 13.5. The lowest BCUT2D eigenvalue weighted by Crippen LogP contribution is -1.93. The van der Waals surface area contributed by atoms with E-state index >= 15 is 0 Å². The van der Waals surface area contributed by atoms with Gasteiger partial charge >= 0.3 is 0 Å². The molecule has 0 fully saturated rings. The predicted molar refractivity (Wildman–Crippen MR) is 59.9 cm³/mol. The van der Waals surface area contributed by atoms with Crippen molar-refractivity contribution in [3.8, 4) is 0 Å². The molecule has 0 bridgehead atoms. The van der Waals surface area contributed by atoms with Gasteiger partial charge in [0.2, 0.25) is 0 Å². The van der Waals surface area contributed by atoms with Gasteiger partial charge in [-0.15, -0.1) is 0 Å². The van der Waals surface area contributed by atoms with Crippen molar-refractivity contribution in [3.63, 3.8) is 0 Å². The molecule has 2 heterocycles. The predicted octanol–water partition coefficient (Wildman–Crippen LogP) is 2.06. The van der Waals surface area contributed by atoms with E-state index in [0.29, 0.717) is 0 Å². The van der Waals surface area contributed by atoms with Gasteiger partial charge in [0.15, 0.2) is 0 Å². The number of anilines is 1. The summed E-state index contributed by atoms with van der Waals surface area (Å²) < 4.78 is 0. The topological polar surface area (TPSA) is 50.7 Å². The molecule has 4 nitrogen and oxygen atoms in total. The molecule has 0 radical (unpaired) electrons. The average molecular weight is 218 g/mol. The van der Waals surface area contributed by atoms with Gasteiger partial charge in [-0.3, -0.25) is 9.97 Å². The molecule has 0 atom stereocenters. The maximum Gasteiger partial charge on any atom is 0.145 e. The van der Waals surface area contributed by atoms with Crippen molar-refractivity contribution in [3.05, 3.63) is 36.9 Å². The Balaban J connectivity index is 2.17. The van der Waals surface area contributed by atoms with Crippen LogP contribution < -0.4 is 5.32 Å². The number of nitrogens with one attached hydrogen (secondary N) is 1. The Kier molecular flexibility index (Phi) is 3.14. The number of hydrogen-bond acceptors (Lipinski definition) is 5. The van der Waals surface area contributed by atoms with Gasteiger partial charge in [0.25, 0.3) is 0 Å². The van der Waals surface area contributed by atoms with Crippen LogP contribution in [0.5, 0.6) is 0 Å². The van der Waals surface area contributed by atoms with Crippen LogP contribution in [0.1, 0.15) is 0 Å². The molecule has 0 spiro atoms. The Bertz CT molecular complexity index is 432. The van der Waals surface area contributed by atoms with E-state index in [2.05, 4.69) is 20.3 Å². The molecular weight excluding hydrogens is 208 g/mol. The van der Waals surface area contributed by atoms with Gasteiger partial charge in [0.1, 0.15) is 10.8 Å². The minimum absolute atomic E-state index is 0.772. The number of nitrogens with zero attached hydrogens (tertiary/aromatic N) is 3. The molecule has 0 aliphatic carbocycles. The first-order chi connectivity index (χ1) is 7.38. The van der Waals surface area contributed by atoms with Gasteiger partial charge in [-0.2, -0.15) is 0 Å². The molecule has 0 aromatic carbocycles. The standard InChI is InChI=1S/C10H10N4S/c1-11-9-6-13-7-10(14-9)15-8-2-4-12-5-3-8/h2-7H,1H3,(H,11,14). The molecule has 5 heteroatoms. The lowest BCUT2D eigenvalue weighted by atomic mass is 10.5. The third-order valence-corrected chi connectivity index (χ3v) is 2.65. The van der Waals surface area contributed by atoms with Crippen LogP contribution in [0, 0.1) is 0 Å². The molecule has 2 aromatic rings. The van der Waals surface area contributed by atoms with Crippen molar-refractivity contribution in [1.29, 1.82) is 0 Å². The van der Waals surface area contributed by atoms with Crippen molar-refractivity contribution < 1.29 is 0 Å². The van der Waals surface area contributed by atoms with Gasteiger partial charge in [-0.25, -0.2) is 4.98 Å². The Labute approximate surface area is 92.2 Å². The summed E-state index contributed by atoms with van der Waals surface area (Å²) in [6, 6.07) is 3.89. The van der Waals surface area contributed by atoms with Crippen LogP contribution in [0.3, 0.4) is 0 Å². The quantitative estimate of drug-likeness (QED) is 0.854. The molecule has 0 amide bonds. The van der Waals surface area contributed by atoms with Crippen LogP contribution in [-0.4, -0.2) is 22.0 Å². The average Bonchev–Trinajstić information content (AvgIpc) is 2.31. The molecule has 1 N–H and O–H groups in total. The first kappa shape index (κ1) is 9.92. The number of rotatable bonds is 3. The van der Waals surface area contributed by atoms with Crippen LogP contribution in [0.2, 0.25) is 0 Å². The van der Waals surface area contributed by atoms with Crippen LogP contribution in [-0.2, 0) is 0 Å². The van der Waals surface area contributed by atoms with Crippen LogP contribution in [0.4, 0.5) is 5.82 Å². The highest BCUT2D eigenvalue weighted by Crippen LogP contribution is 2.24. The molecule has 15 heavy (non-hydrogen) atoms. The number of pyridine rings is 1. The molecule has 0 aliphatic rings. The molecule has 0 saturated heterocycles. The molecular formula is C10H10N4S. The highest BCUT2D eigenvalue weighted by molar-refractivity contribution is 7.99. The second-order valence-electron chi connectivity index (χ2n) is 2.78. The molecule has 76 valence electrons. The van der Waals surface area contributed by atoms with Crippen LogP contribution in [0.25, 0.3) is 0 Å². The normalized spacial score (nSPS) is 9.93. The Morgan fingerprint density at radius 1 is 1.13 bits per heavy atom. The van der Waals surface area contributed by atoms with Gasteiger partial charge in [-0.05, 0) is 12.1 Å². The molecule has 2 rings (SSSR count). The fourth-order valence-corrected chi connectivity index (χ4v) is 1.80. The van der Waals surface area contributed by atoms with Crippen molar-refractivity contribution in [1.82, 2.24) is 15.0 Å². The Morgan fingerprint density at radius 3 is 2.67 bits per heavy atom. The van der Waals surface area contributed by atoms with E-state index in [9.17, 15) is 0 Å². The fraction of sp³-hybridized carbons (Fsp3) is 0.100. The van der Waals surface area contributed by atoms with Gasteiger partial charge in [0.05, 0.1) is 12.4 Å². The van der Waals surface area contributed by atoms with Crippen LogP contribution >= 0.6 is 11.8 Å². The van der Waals surface area contributed by atoms with Crippen molar-refractivity contribution in [2.24, 2.45) is 0 Å². The minimum Gasteiger partial charge on any atom is -0.372 e. The third-order valence-electron chi connectivity index (χ3n) is 1.74. The van der Waals surface area contributed by atoms with E-state index in [1.807, 2.05) is 19.2 Å². The summed E-state index contributed by atoms with van der Waals surface area (Å²) in [6.07, 6.45) is 6.96. The Morgan fingerprint density at radius 2 is 1.93 bits per heavy atom. The van der Waals surface area contributed by atoms with E-state index in [1.54, 1.807) is 36.5 Å². The zero-order valence-corrected chi connectivity index (χ0v) is 9.03. The molecule has 0 unspecified atom stereocenters. The monoisotopic (exact) mass is 218 g/mol. The Hall–Kier alpha value is -1.62. The lowest BCUT2D eigenvalue weighted by Gasteiger charge is -2.02. The van der Waals surface area contributed by atoms with Crippen molar-refractivity contribution >= 4 is 17.6 Å². The van der Waals surface area contributed by atoms with E-state index in [0.717, 1.165) is 15.7 Å². The summed E-state index contributed by atoms with van der Waals surface area (Å²) in [5, 5.41) is 3.82. The zero-order chi connectivity index (χ0) is 10.5. The lowest BCUT2D eigenvalue weighted by molar-refractivity contribution is 1.05. The largest absolute Gasteiger partial charge is 0.372 e. The summed E-state index contributed by atoms with van der Waals surface area (Å²) in [7, 11) is 1.82. The summed E-state index contributed by atoms with van der Waals surface area (Å²) >= 11 is 1.56. The smallest absolute Gasteiger partial charge is 0.145 e. The SMILES string of the molecule is CNc1cncc(Sc2ccncc2)n1. The molecule has 0 saturated carbocycles. The zero-order valence-electron chi connectivity index (χ0n) is 8.21. The summed E-state index contributed by atoms with van der Waals surface area (Å²) in [5.41, 5.74) is 0. The maximum absolute atomic E-state index is 4.36. The highest BCUT2D eigenvalue weighted by Gasteiger charge is 1.99. The highest BCUT2D eigenvalue weighted by atomic mass is 32.2. The second-order valence-corrected chi connectivity index (χ2v) is 3.87. The third kappa shape index (κ3) is 2.66. The van der Waals surface area contributed by atoms with Gasteiger partial charge in [0, 0.05) is 24.3 Å². The second kappa shape index (κ2) is 4.75. The molecule has 2 aromatic heterocycles. The van der Waals surface area contributed by atoms with Crippen LogP contribution in [0.15, 0.2) is 46.8 Å². The van der Waals surface area contributed by atoms with E-state index in [1.165, 1.54) is 0 Å². The first-order valence-electron chi connectivity index (χ1n) is 4.46. The van der Waals surface area contributed by atoms with Gasteiger partial charge in [-0.1, -0.05) is 11.8 Å². The number of hydrogen-bond donors (Lipinski definition) is 1. The van der Waals surface area contributed by atoms with E-state index in [4.69, 9.17) is 0 Å². The first-order valence-corrected chi connectivity index (χ1v) is 5.28. The molecule has 0 aliphatic heterocycles. The van der Waals surface area contributed by atoms with Crippen molar-refractivity contribution in [2.75, 3.05) is 12.4 Å². The fourth-order valence-electron chi connectivity index (χ4n) is 1.04. The summed E-state index contributed by atoms with van der Waals surface area (Å²) in [5.74, 6) is 0.772. The van der Waals surface area contributed by atoms with Crippen molar-refractivity contribution in [2.45, 2.75) is 9.92 Å². The summed E-state index contributed by atoms with van der Waals surface area (Å²) in [6.45, 7) is 0. The van der Waals surface area contributed by atoms with E-state index < -0.39 is 0 Å². The van der Waals surface area contributed by atoms with Gasteiger partial charge < -0.3 is 5.32 Å². The van der Waals surface area contributed by atoms with E-state index in [-0.39, 0.29) is 0 Å². The minimum atomic E-state index is 0.772. The number of aromatic nitrogens is 3. The maximum atomic E-state index is 4.36.